The highest BCUT2D eigenvalue weighted by Gasteiger charge is 2.16. The molecule has 0 unspecified atom stereocenters. The number of carbonyl (C=O) groups excluding carboxylic acids is 1. The molecule has 0 fully saturated rings. The molecule has 0 atom stereocenters. The first-order valence-corrected chi connectivity index (χ1v) is 8.39. The van der Waals surface area contributed by atoms with Crippen LogP contribution < -0.4 is 19.6 Å². The summed E-state index contributed by atoms with van der Waals surface area (Å²) in [6.07, 6.45) is 1.28. The van der Waals surface area contributed by atoms with E-state index in [1.807, 2.05) is 0 Å². The molecule has 0 spiro atoms. The molecule has 138 valence electrons. The summed E-state index contributed by atoms with van der Waals surface area (Å²) in [5.74, 6) is 0.431. The number of carbonyl (C=O) groups is 1. The summed E-state index contributed by atoms with van der Waals surface area (Å²) in [5.41, 5.74) is 2.96. The lowest BCUT2D eigenvalue weighted by molar-refractivity contribution is 0.0954. The van der Waals surface area contributed by atoms with Gasteiger partial charge in [-0.2, -0.15) is 5.10 Å². The van der Waals surface area contributed by atoms with Gasteiger partial charge < -0.3 is 19.3 Å². The first-order chi connectivity index (χ1) is 12.4. The van der Waals surface area contributed by atoms with Gasteiger partial charge in [-0.1, -0.05) is 27.5 Å². The molecule has 0 heterocycles. The van der Waals surface area contributed by atoms with Crippen LogP contribution in [0.5, 0.6) is 23.0 Å². The smallest absolute Gasteiger partial charge is 0.271 e. The van der Waals surface area contributed by atoms with Gasteiger partial charge in [-0.25, -0.2) is 5.43 Å². The van der Waals surface area contributed by atoms with Crippen LogP contribution in [0.1, 0.15) is 15.9 Å². The lowest BCUT2D eigenvalue weighted by Crippen LogP contribution is -2.18. The molecule has 26 heavy (non-hydrogen) atoms. The molecule has 2 aromatic rings. The molecule has 2 N–H and O–H groups in total. The topological polar surface area (TPSA) is 89.4 Å². The summed E-state index contributed by atoms with van der Waals surface area (Å²) in [6, 6.07) is 6.15. The predicted molar refractivity (Wildman–Crippen MR) is 102 cm³/mol. The van der Waals surface area contributed by atoms with Gasteiger partial charge >= 0.3 is 0 Å². The minimum absolute atomic E-state index is 0.138. The van der Waals surface area contributed by atoms with Crippen LogP contribution in [0.25, 0.3) is 0 Å². The van der Waals surface area contributed by atoms with E-state index in [1.54, 1.807) is 12.1 Å². The maximum absolute atomic E-state index is 12.3. The van der Waals surface area contributed by atoms with Gasteiger partial charge in [0.2, 0.25) is 5.75 Å². The number of nitrogens with one attached hydrogen (secondary N) is 1. The molecule has 0 aliphatic carbocycles. The Kier molecular flexibility index (Phi) is 6.70. The van der Waals surface area contributed by atoms with E-state index in [2.05, 4.69) is 26.5 Å². The zero-order valence-corrected chi connectivity index (χ0v) is 16.5. The summed E-state index contributed by atoms with van der Waals surface area (Å²) < 4.78 is 16.3. The van der Waals surface area contributed by atoms with E-state index in [0.29, 0.717) is 27.3 Å². The zero-order chi connectivity index (χ0) is 19.3. The number of phenolic OH excluding ortho intramolecular Hbond substituents is 1. The molecular formula is C17H16BrClN2O5. The van der Waals surface area contributed by atoms with Crippen LogP contribution in [-0.2, 0) is 0 Å². The summed E-state index contributed by atoms with van der Waals surface area (Å²) in [6.45, 7) is 0. The number of aromatic hydroxyl groups is 1. The monoisotopic (exact) mass is 442 g/mol. The third-order valence-corrected chi connectivity index (χ3v) is 4.10. The number of rotatable bonds is 6. The molecule has 0 aliphatic heterocycles. The molecule has 0 aromatic heterocycles. The second-order valence-corrected chi connectivity index (χ2v) is 6.26. The highest BCUT2D eigenvalue weighted by atomic mass is 79.9. The van der Waals surface area contributed by atoms with Crippen LogP contribution in [-0.4, -0.2) is 38.6 Å². The van der Waals surface area contributed by atoms with Crippen molar-refractivity contribution in [3.8, 4) is 23.0 Å². The van der Waals surface area contributed by atoms with E-state index in [-0.39, 0.29) is 16.3 Å². The third-order valence-electron chi connectivity index (χ3n) is 3.35. The van der Waals surface area contributed by atoms with Crippen molar-refractivity contribution in [2.75, 3.05) is 21.3 Å². The Morgan fingerprint density at radius 3 is 2.31 bits per heavy atom. The van der Waals surface area contributed by atoms with Crippen molar-refractivity contribution in [2.45, 2.75) is 0 Å². The van der Waals surface area contributed by atoms with Gasteiger partial charge in [-0.05, 0) is 24.3 Å². The minimum Gasteiger partial charge on any atom is -0.506 e. The number of benzene rings is 2. The maximum Gasteiger partial charge on any atom is 0.271 e. The Hall–Kier alpha value is -2.45. The Morgan fingerprint density at radius 1 is 1.15 bits per heavy atom. The Balaban J connectivity index is 2.23. The molecule has 0 aliphatic rings. The third kappa shape index (κ3) is 4.39. The average Bonchev–Trinajstić information content (AvgIpc) is 2.63. The standard InChI is InChI=1S/C17H16BrClN2O5/c1-24-13-5-9(6-14(25-2)16(13)26-3)17(23)21-20-8-10-4-11(18)7-12(19)15(10)22/h4-8,22H,1-3H3,(H,21,23)/b20-8-. The normalized spacial score (nSPS) is 10.7. The van der Waals surface area contributed by atoms with Crippen molar-refractivity contribution >= 4 is 39.7 Å². The van der Waals surface area contributed by atoms with Gasteiger partial charge in [0.1, 0.15) is 5.75 Å². The lowest BCUT2D eigenvalue weighted by atomic mass is 10.1. The SMILES string of the molecule is COc1cc(C(=O)N/N=C\c2cc(Br)cc(Cl)c2O)cc(OC)c1OC. The molecule has 0 saturated carbocycles. The van der Waals surface area contributed by atoms with Crippen molar-refractivity contribution in [1.29, 1.82) is 0 Å². The molecule has 2 rings (SSSR count). The second-order valence-electron chi connectivity index (χ2n) is 4.94. The van der Waals surface area contributed by atoms with Crippen LogP contribution >= 0.6 is 27.5 Å². The maximum atomic E-state index is 12.3. The quantitative estimate of drug-likeness (QED) is 0.526. The van der Waals surface area contributed by atoms with Crippen molar-refractivity contribution < 1.29 is 24.1 Å². The van der Waals surface area contributed by atoms with E-state index in [0.717, 1.165) is 0 Å². The number of hydrogen-bond donors (Lipinski definition) is 2. The van der Waals surface area contributed by atoms with Crippen molar-refractivity contribution in [3.05, 3.63) is 44.9 Å². The average molecular weight is 444 g/mol. The van der Waals surface area contributed by atoms with E-state index >= 15 is 0 Å². The lowest BCUT2D eigenvalue weighted by Gasteiger charge is -2.13. The van der Waals surface area contributed by atoms with Crippen molar-refractivity contribution in [1.82, 2.24) is 5.43 Å². The minimum atomic E-state index is -0.499. The fourth-order valence-corrected chi connectivity index (χ4v) is 2.96. The zero-order valence-electron chi connectivity index (χ0n) is 14.2. The number of amides is 1. The van der Waals surface area contributed by atoms with Crippen LogP contribution in [0, 0.1) is 0 Å². The Morgan fingerprint density at radius 2 is 1.77 bits per heavy atom. The van der Waals surface area contributed by atoms with Crippen molar-refractivity contribution in [3.63, 3.8) is 0 Å². The number of hydrogen-bond acceptors (Lipinski definition) is 6. The number of methoxy groups -OCH3 is 3. The number of halogens is 2. The summed E-state index contributed by atoms with van der Waals surface area (Å²) in [4.78, 5) is 12.3. The molecule has 1 amide bonds. The van der Waals surface area contributed by atoms with Gasteiger partial charge in [-0.15, -0.1) is 0 Å². The molecule has 0 radical (unpaired) electrons. The second kappa shape index (κ2) is 8.77. The van der Waals surface area contributed by atoms with E-state index < -0.39 is 5.91 Å². The van der Waals surface area contributed by atoms with Gasteiger partial charge in [0.15, 0.2) is 11.5 Å². The molecule has 0 saturated heterocycles. The van der Waals surface area contributed by atoms with E-state index in [9.17, 15) is 9.90 Å². The number of hydrazone groups is 1. The molecule has 2 aromatic carbocycles. The van der Waals surface area contributed by atoms with Crippen LogP contribution in [0.15, 0.2) is 33.8 Å². The Bertz CT molecular complexity index is 832. The molecule has 7 nitrogen and oxygen atoms in total. The van der Waals surface area contributed by atoms with Gasteiger partial charge in [0.25, 0.3) is 5.91 Å². The van der Waals surface area contributed by atoms with Crippen molar-refractivity contribution in [2.24, 2.45) is 5.10 Å². The molecule has 9 heteroatoms. The van der Waals surface area contributed by atoms with Crippen LogP contribution in [0.3, 0.4) is 0 Å². The fraction of sp³-hybridized carbons (Fsp3) is 0.176. The van der Waals surface area contributed by atoms with E-state index in [1.165, 1.54) is 39.7 Å². The highest BCUT2D eigenvalue weighted by molar-refractivity contribution is 9.10. The van der Waals surface area contributed by atoms with Crippen LogP contribution in [0.4, 0.5) is 0 Å². The first kappa shape index (κ1) is 19.9. The summed E-state index contributed by atoms with van der Waals surface area (Å²) in [7, 11) is 4.38. The largest absolute Gasteiger partial charge is 0.506 e. The van der Waals surface area contributed by atoms with E-state index in [4.69, 9.17) is 25.8 Å². The Labute approximate surface area is 163 Å². The van der Waals surface area contributed by atoms with Gasteiger partial charge in [-0.3, -0.25) is 4.79 Å². The fourth-order valence-electron chi connectivity index (χ4n) is 2.12. The summed E-state index contributed by atoms with van der Waals surface area (Å²) in [5, 5.41) is 13.9. The predicted octanol–water partition coefficient (Wildman–Crippen LogP) is 3.60. The highest BCUT2D eigenvalue weighted by Crippen LogP contribution is 2.38. The molecule has 0 bridgehead atoms. The number of ether oxygens (including phenoxy) is 3. The summed E-state index contributed by atoms with van der Waals surface area (Å²) >= 11 is 9.15. The first-order valence-electron chi connectivity index (χ1n) is 7.22. The van der Waals surface area contributed by atoms with Crippen LogP contribution in [0.2, 0.25) is 5.02 Å². The van der Waals surface area contributed by atoms with Gasteiger partial charge in [0.05, 0.1) is 32.6 Å². The number of nitrogens with zero attached hydrogens (tertiary/aromatic N) is 1. The van der Waals surface area contributed by atoms with Gasteiger partial charge in [0, 0.05) is 15.6 Å². The number of phenols is 1. The molecular weight excluding hydrogens is 428 g/mol.